The minimum Gasteiger partial charge on any atom is -0.307 e. The summed E-state index contributed by atoms with van der Waals surface area (Å²) in [4.78, 5) is 24.3. The van der Waals surface area contributed by atoms with E-state index in [9.17, 15) is 9.59 Å². The lowest BCUT2D eigenvalue weighted by Gasteiger charge is -2.07. The van der Waals surface area contributed by atoms with Gasteiger partial charge in [-0.2, -0.15) is 5.10 Å². The van der Waals surface area contributed by atoms with Crippen LogP contribution in [0.5, 0.6) is 0 Å². The predicted molar refractivity (Wildman–Crippen MR) is 137 cm³/mol. The SMILES string of the molecule is O=C(/C=C/c1cn(-c2ccccc2)nc1-c1ccc(Cl)cc1)NNC(=O)Nc1ccc(Br)cc1. The molecular weight excluding hydrogens is 518 g/mol. The van der Waals surface area contributed by atoms with Crippen LogP contribution in [0.2, 0.25) is 5.02 Å². The van der Waals surface area contributed by atoms with Crippen LogP contribution >= 0.6 is 27.5 Å². The number of hydrogen-bond donors (Lipinski definition) is 3. The second kappa shape index (κ2) is 10.8. The lowest BCUT2D eigenvalue weighted by molar-refractivity contribution is -0.117. The number of urea groups is 1. The zero-order valence-corrected chi connectivity index (χ0v) is 20.0. The van der Waals surface area contributed by atoms with Gasteiger partial charge in [-0.15, -0.1) is 0 Å². The third-order valence-corrected chi connectivity index (χ3v) is 5.48. The Hall–Kier alpha value is -3.88. The van der Waals surface area contributed by atoms with Gasteiger partial charge in [0.15, 0.2) is 0 Å². The third-order valence-electron chi connectivity index (χ3n) is 4.70. The molecule has 4 rings (SSSR count). The van der Waals surface area contributed by atoms with E-state index in [1.165, 1.54) is 6.08 Å². The number of para-hydroxylation sites is 1. The van der Waals surface area contributed by atoms with Crippen LogP contribution in [0.15, 0.2) is 95.6 Å². The Labute approximate surface area is 209 Å². The van der Waals surface area contributed by atoms with Crippen molar-refractivity contribution >= 4 is 51.2 Å². The highest BCUT2D eigenvalue weighted by Crippen LogP contribution is 2.26. The third kappa shape index (κ3) is 6.12. The topological polar surface area (TPSA) is 88.1 Å². The Morgan fingerprint density at radius 1 is 0.912 bits per heavy atom. The van der Waals surface area contributed by atoms with Gasteiger partial charge in [0.2, 0.25) is 0 Å². The zero-order valence-electron chi connectivity index (χ0n) is 17.7. The van der Waals surface area contributed by atoms with Crippen LogP contribution in [0.3, 0.4) is 0 Å². The molecule has 0 saturated carbocycles. The van der Waals surface area contributed by atoms with Gasteiger partial charge in [-0.1, -0.05) is 57.9 Å². The molecule has 9 heteroatoms. The van der Waals surface area contributed by atoms with Crippen LogP contribution in [0.25, 0.3) is 23.0 Å². The molecule has 0 aliphatic rings. The summed E-state index contributed by atoms with van der Waals surface area (Å²) in [6, 6.07) is 23.4. The summed E-state index contributed by atoms with van der Waals surface area (Å²) in [5.41, 5.74) is 8.40. The number of nitrogens with zero attached hydrogens (tertiary/aromatic N) is 2. The van der Waals surface area contributed by atoms with Crippen molar-refractivity contribution in [3.05, 3.63) is 106 Å². The molecule has 1 aromatic heterocycles. The van der Waals surface area contributed by atoms with Crippen LogP contribution in [0, 0.1) is 0 Å². The van der Waals surface area contributed by atoms with E-state index in [1.807, 2.05) is 48.7 Å². The largest absolute Gasteiger partial charge is 0.337 e. The molecule has 0 aliphatic heterocycles. The summed E-state index contributed by atoms with van der Waals surface area (Å²) in [6.45, 7) is 0. The fraction of sp³-hybridized carbons (Fsp3) is 0. The lowest BCUT2D eigenvalue weighted by Crippen LogP contribution is -2.43. The fourth-order valence-corrected chi connectivity index (χ4v) is 3.47. The maximum absolute atomic E-state index is 12.3. The molecule has 0 atom stereocenters. The quantitative estimate of drug-likeness (QED) is 0.222. The Balaban J connectivity index is 1.47. The first-order chi connectivity index (χ1) is 16.5. The summed E-state index contributed by atoms with van der Waals surface area (Å²) in [6.07, 6.45) is 4.79. The number of amides is 3. The molecule has 1 heterocycles. The summed E-state index contributed by atoms with van der Waals surface area (Å²) >= 11 is 9.36. The Morgan fingerprint density at radius 2 is 1.62 bits per heavy atom. The van der Waals surface area contributed by atoms with Gasteiger partial charge in [-0.25, -0.2) is 14.9 Å². The van der Waals surface area contributed by atoms with Crippen LogP contribution in [0.1, 0.15) is 5.56 Å². The van der Waals surface area contributed by atoms with Gasteiger partial charge in [0, 0.05) is 38.6 Å². The van der Waals surface area contributed by atoms with Gasteiger partial charge in [-0.05, 0) is 54.6 Å². The van der Waals surface area contributed by atoms with Crippen LogP contribution in [-0.4, -0.2) is 21.7 Å². The molecule has 34 heavy (non-hydrogen) atoms. The maximum atomic E-state index is 12.3. The monoisotopic (exact) mass is 535 g/mol. The summed E-state index contributed by atoms with van der Waals surface area (Å²) in [7, 11) is 0. The molecule has 170 valence electrons. The van der Waals surface area contributed by atoms with E-state index in [1.54, 1.807) is 47.2 Å². The molecule has 0 aliphatic carbocycles. The van der Waals surface area contributed by atoms with Gasteiger partial charge in [-0.3, -0.25) is 10.2 Å². The first-order valence-electron chi connectivity index (χ1n) is 10.2. The Kier molecular flexibility index (Phi) is 7.41. The molecule has 0 saturated heterocycles. The number of benzene rings is 3. The molecule has 3 N–H and O–H groups in total. The second-order valence-electron chi connectivity index (χ2n) is 7.13. The molecule has 7 nitrogen and oxygen atoms in total. The first-order valence-corrected chi connectivity index (χ1v) is 11.4. The molecule has 4 aromatic rings. The van der Waals surface area contributed by atoms with Crippen molar-refractivity contribution in [1.29, 1.82) is 0 Å². The van der Waals surface area contributed by atoms with Gasteiger partial charge >= 0.3 is 6.03 Å². The van der Waals surface area contributed by atoms with E-state index in [2.05, 4.69) is 32.1 Å². The minimum atomic E-state index is -0.567. The van der Waals surface area contributed by atoms with Crippen molar-refractivity contribution in [2.75, 3.05) is 5.32 Å². The molecule has 0 unspecified atom stereocenters. The smallest absolute Gasteiger partial charge is 0.307 e. The fourth-order valence-electron chi connectivity index (χ4n) is 3.08. The van der Waals surface area contributed by atoms with Crippen molar-refractivity contribution in [3.8, 4) is 16.9 Å². The minimum absolute atomic E-state index is 0.500. The number of halogens is 2. The second-order valence-corrected chi connectivity index (χ2v) is 8.48. The van der Waals surface area contributed by atoms with E-state index in [4.69, 9.17) is 16.7 Å². The summed E-state index contributed by atoms with van der Waals surface area (Å²) in [5, 5.41) is 7.93. The number of aromatic nitrogens is 2. The zero-order chi connectivity index (χ0) is 23.9. The number of anilines is 1. The highest BCUT2D eigenvalue weighted by molar-refractivity contribution is 9.10. The number of hydrazine groups is 1. The van der Waals surface area contributed by atoms with Crippen molar-refractivity contribution < 1.29 is 9.59 Å². The van der Waals surface area contributed by atoms with Crippen LogP contribution in [0.4, 0.5) is 10.5 Å². The number of carbonyl (C=O) groups is 2. The van der Waals surface area contributed by atoms with Crippen LogP contribution in [-0.2, 0) is 4.79 Å². The molecule has 3 aromatic carbocycles. The lowest BCUT2D eigenvalue weighted by atomic mass is 10.1. The molecule has 0 bridgehead atoms. The van der Waals surface area contributed by atoms with E-state index in [-0.39, 0.29) is 0 Å². The normalized spacial score (nSPS) is 10.8. The maximum Gasteiger partial charge on any atom is 0.337 e. The Bertz CT molecular complexity index is 1320. The van der Waals surface area contributed by atoms with Gasteiger partial charge < -0.3 is 5.32 Å². The highest BCUT2D eigenvalue weighted by atomic mass is 79.9. The van der Waals surface area contributed by atoms with Gasteiger partial charge in [0.1, 0.15) is 0 Å². The molecule has 0 spiro atoms. The van der Waals surface area contributed by atoms with Crippen molar-refractivity contribution in [2.24, 2.45) is 0 Å². The van der Waals surface area contributed by atoms with Gasteiger partial charge in [0.25, 0.3) is 5.91 Å². The van der Waals surface area contributed by atoms with Crippen molar-refractivity contribution in [3.63, 3.8) is 0 Å². The van der Waals surface area contributed by atoms with E-state index < -0.39 is 11.9 Å². The van der Waals surface area contributed by atoms with Crippen molar-refractivity contribution in [2.45, 2.75) is 0 Å². The van der Waals surface area contributed by atoms with Crippen LogP contribution < -0.4 is 16.2 Å². The van der Waals surface area contributed by atoms with Gasteiger partial charge in [0.05, 0.1) is 11.4 Å². The number of carbonyl (C=O) groups excluding carboxylic acids is 2. The number of nitrogens with one attached hydrogen (secondary N) is 3. The first kappa shape index (κ1) is 23.3. The van der Waals surface area contributed by atoms with E-state index in [0.29, 0.717) is 16.4 Å². The molecular formula is C25H19BrClN5O2. The summed E-state index contributed by atoms with van der Waals surface area (Å²) < 4.78 is 2.64. The molecule has 0 fully saturated rings. The molecule has 0 radical (unpaired) electrons. The van der Waals surface area contributed by atoms with Crippen molar-refractivity contribution in [1.82, 2.24) is 20.6 Å². The molecule has 3 amide bonds. The average molecular weight is 537 g/mol. The van der Waals surface area contributed by atoms with E-state index >= 15 is 0 Å². The standard InChI is InChI=1S/C25H19BrClN5O2/c26-19-9-13-21(14-10-19)28-25(34)30-29-23(33)15-8-18-16-32(22-4-2-1-3-5-22)31-24(18)17-6-11-20(27)12-7-17/h1-16H,(H,29,33)(H2,28,30,34)/b15-8+. The Morgan fingerprint density at radius 3 is 2.32 bits per heavy atom. The number of rotatable bonds is 5. The summed E-state index contributed by atoms with van der Waals surface area (Å²) in [5.74, 6) is -0.500. The predicted octanol–water partition coefficient (Wildman–Crippen LogP) is 5.82. The van der Waals surface area contributed by atoms with E-state index in [0.717, 1.165) is 21.3 Å². The average Bonchev–Trinajstić information content (AvgIpc) is 3.28. The highest BCUT2D eigenvalue weighted by Gasteiger charge is 2.11. The number of hydrogen-bond acceptors (Lipinski definition) is 3.